The second-order valence-electron chi connectivity index (χ2n) is 6.16. The molecule has 120 valence electrons. The van der Waals surface area contributed by atoms with E-state index in [9.17, 15) is 4.79 Å². The Hall–Kier alpha value is -1.56. The van der Waals surface area contributed by atoms with E-state index in [0.29, 0.717) is 19.6 Å². The maximum absolute atomic E-state index is 12.1. The molecular formula is C15H28N4O2. The molecule has 0 fully saturated rings. The van der Waals surface area contributed by atoms with Gasteiger partial charge in [0.05, 0.1) is 5.69 Å². The SMILES string of the molecule is CCCN(CCNC(C)c1ccn[nH]1)C(=O)OC(C)(C)C. The molecule has 0 aromatic carbocycles. The Morgan fingerprint density at radius 2 is 2.19 bits per heavy atom. The number of carbonyl (C=O) groups is 1. The molecule has 21 heavy (non-hydrogen) atoms. The quantitative estimate of drug-likeness (QED) is 0.811. The van der Waals surface area contributed by atoms with Gasteiger partial charge in [-0.05, 0) is 40.2 Å². The molecule has 0 radical (unpaired) electrons. The van der Waals surface area contributed by atoms with Crippen LogP contribution in [-0.4, -0.2) is 46.4 Å². The molecule has 1 heterocycles. The van der Waals surface area contributed by atoms with Gasteiger partial charge in [0, 0.05) is 31.9 Å². The minimum absolute atomic E-state index is 0.176. The van der Waals surface area contributed by atoms with Gasteiger partial charge in [-0.15, -0.1) is 0 Å². The Kier molecular flexibility index (Phi) is 6.68. The van der Waals surface area contributed by atoms with E-state index in [4.69, 9.17) is 4.74 Å². The van der Waals surface area contributed by atoms with Gasteiger partial charge in [0.2, 0.25) is 0 Å². The van der Waals surface area contributed by atoms with Gasteiger partial charge >= 0.3 is 6.09 Å². The van der Waals surface area contributed by atoms with E-state index in [-0.39, 0.29) is 12.1 Å². The van der Waals surface area contributed by atoms with Gasteiger partial charge < -0.3 is 15.0 Å². The highest BCUT2D eigenvalue weighted by Crippen LogP contribution is 2.11. The Balaban J connectivity index is 2.42. The van der Waals surface area contributed by atoms with Crippen molar-refractivity contribution in [2.75, 3.05) is 19.6 Å². The fourth-order valence-electron chi connectivity index (χ4n) is 1.92. The largest absolute Gasteiger partial charge is 0.444 e. The maximum atomic E-state index is 12.1. The summed E-state index contributed by atoms with van der Waals surface area (Å²) in [7, 11) is 0. The molecule has 1 unspecified atom stereocenters. The molecule has 6 heteroatoms. The minimum Gasteiger partial charge on any atom is -0.444 e. The third-order valence-corrected chi connectivity index (χ3v) is 2.97. The van der Waals surface area contributed by atoms with Crippen LogP contribution in [-0.2, 0) is 4.74 Å². The lowest BCUT2D eigenvalue weighted by Crippen LogP contribution is -2.41. The van der Waals surface area contributed by atoms with Crippen LogP contribution in [0.3, 0.4) is 0 Å². The summed E-state index contributed by atoms with van der Waals surface area (Å²) < 4.78 is 5.43. The second kappa shape index (κ2) is 8.02. The summed E-state index contributed by atoms with van der Waals surface area (Å²) in [5.74, 6) is 0. The monoisotopic (exact) mass is 296 g/mol. The summed E-state index contributed by atoms with van der Waals surface area (Å²) >= 11 is 0. The first-order valence-electron chi connectivity index (χ1n) is 7.54. The lowest BCUT2D eigenvalue weighted by atomic mass is 10.2. The fraction of sp³-hybridized carbons (Fsp3) is 0.733. The maximum Gasteiger partial charge on any atom is 0.410 e. The molecule has 0 bridgehead atoms. The number of aromatic amines is 1. The molecule has 1 aromatic rings. The van der Waals surface area contributed by atoms with Gasteiger partial charge in [-0.25, -0.2) is 4.79 Å². The van der Waals surface area contributed by atoms with E-state index in [1.54, 1.807) is 11.1 Å². The van der Waals surface area contributed by atoms with Crippen LogP contribution in [0, 0.1) is 0 Å². The summed E-state index contributed by atoms with van der Waals surface area (Å²) in [6.07, 6.45) is 2.40. The zero-order valence-corrected chi connectivity index (χ0v) is 13.8. The number of ether oxygens (including phenoxy) is 1. The summed E-state index contributed by atoms with van der Waals surface area (Å²) in [6, 6.07) is 2.12. The van der Waals surface area contributed by atoms with Crippen molar-refractivity contribution in [3.8, 4) is 0 Å². The third kappa shape index (κ3) is 6.62. The van der Waals surface area contributed by atoms with Gasteiger partial charge in [0.25, 0.3) is 0 Å². The van der Waals surface area contributed by atoms with E-state index in [2.05, 4.69) is 29.4 Å². The molecule has 0 saturated heterocycles. The van der Waals surface area contributed by atoms with Crippen molar-refractivity contribution >= 4 is 6.09 Å². The molecule has 1 atom stereocenters. The first-order valence-corrected chi connectivity index (χ1v) is 7.54. The highest BCUT2D eigenvalue weighted by Gasteiger charge is 2.21. The summed E-state index contributed by atoms with van der Waals surface area (Å²) in [5.41, 5.74) is 0.578. The zero-order valence-electron chi connectivity index (χ0n) is 13.8. The lowest BCUT2D eigenvalue weighted by Gasteiger charge is -2.27. The number of hydrogen-bond acceptors (Lipinski definition) is 4. The number of aromatic nitrogens is 2. The molecule has 0 aliphatic carbocycles. The van der Waals surface area contributed by atoms with Crippen molar-refractivity contribution in [3.63, 3.8) is 0 Å². The molecule has 0 aliphatic rings. The zero-order chi connectivity index (χ0) is 15.9. The molecule has 1 rings (SSSR count). The van der Waals surface area contributed by atoms with E-state index in [1.807, 2.05) is 26.8 Å². The summed E-state index contributed by atoms with van der Waals surface area (Å²) in [5, 5.41) is 10.2. The third-order valence-electron chi connectivity index (χ3n) is 2.97. The van der Waals surface area contributed by atoms with Crippen LogP contribution in [0.1, 0.15) is 52.8 Å². The average Bonchev–Trinajstić information content (AvgIpc) is 2.89. The van der Waals surface area contributed by atoms with E-state index >= 15 is 0 Å². The van der Waals surface area contributed by atoms with E-state index < -0.39 is 5.60 Å². The standard InChI is InChI=1S/C15H28N4O2/c1-6-10-19(14(20)21-15(3,4)5)11-9-16-12(2)13-7-8-17-18-13/h7-8,12,16H,6,9-11H2,1-5H3,(H,17,18). The predicted molar refractivity (Wildman–Crippen MR) is 83.1 cm³/mol. The van der Waals surface area contributed by atoms with Crippen LogP contribution in [0.2, 0.25) is 0 Å². The molecule has 6 nitrogen and oxygen atoms in total. The normalized spacial score (nSPS) is 13.0. The molecule has 0 aliphatic heterocycles. The van der Waals surface area contributed by atoms with Crippen molar-refractivity contribution < 1.29 is 9.53 Å². The minimum atomic E-state index is -0.459. The number of H-pyrrole nitrogens is 1. The Morgan fingerprint density at radius 1 is 1.48 bits per heavy atom. The number of rotatable bonds is 7. The Bertz CT molecular complexity index is 412. The molecule has 0 saturated carbocycles. The van der Waals surface area contributed by atoms with Gasteiger partial charge in [0.1, 0.15) is 5.60 Å². The van der Waals surface area contributed by atoms with Crippen molar-refractivity contribution in [1.29, 1.82) is 0 Å². The summed E-state index contributed by atoms with van der Waals surface area (Å²) in [6.45, 7) is 11.8. The second-order valence-corrected chi connectivity index (χ2v) is 6.16. The summed E-state index contributed by atoms with van der Waals surface area (Å²) in [4.78, 5) is 13.9. The van der Waals surface area contributed by atoms with Crippen LogP contribution in [0.15, 0.2) is 12.3 Å². The van der Waals surface area contributed by atoms with Crippen molar-refractivity contribution in [3.05, 3.63) is 18.0 Å². The average molecular weight is 296 g/mol. The number of amides is 1. The smallest absolute Gasteiger partial charge is 0.410 e. The van der Waals surface area contributed by atoms with Gasteiger partial charge in [-0.3, -0.25) is 5.10 Å². The van der Waals surface area contributed by atoms with Crippen LogP contribution in [0.4, 0.5) is 4.79 Å². The molecule has 1 aromatic heterocycles. The molecule has 0 spiro atoms. The van der Waals surface area contributed by atoms with E-state index in [0.717, 1.165) is 12.1 Å². The van der Waals surface area contributed by atoms with Crippen molar-refractivity contribution in [2.24, 2.45) is 0 Å². The molecular weight excluding hydrogens is 268 g/mol. The highest BCUT2D eigenvalue weighted by atomic mass is 16.6. The predicted octanol–water partition coefficient (Wildman–Crippen LogP) is 2.71. The first kappa shape index (κ1) is 17.5. The number of nitrogens with one attached hydrogen (secondary N) is 2. The lowest BCUT2D eigenvalue weighted by molar-refractivity contribution is 0.0251. The van der Waals surface area contributed by atoms with Crippen LogP contribution >= 0.6 is 0 Å². The van der Waals surface area contributed by atoms with Gasteiger partial charge in [-0.1, -0.05) is 6.92 Å². The number of carbonyl (C=O) groups excluding carboxylic acids is 1. The van der Waals surface area contributed by atoms with Crippen LogP contribution in [0.25, 0.3) is 0 Å². The first-order chi connectivity index (χ1) is 9.83. The van der Waals surface area contributed by atoms with Gasteiger partial charge in [0.15, 0.2) is 0 Å². The van der Waals surface area contributed by atoms with Crippen molar-refractivity contribution in [2.45, 2.75) is 52.7 Å². The van der Waals surface area contributed by atoms with Gasteiger partial charge in [-0.2, -0.15) is 5.10 Å². The fourth-order valence-corrected chi connectivity index (χ4v) is 1.92. The molecule has 1 amide bonds. The topological polar surface area (TPSA) is 70.2 Å². The van der Waals surface area contributed by atoms with Crippen molar-refractivity contribution in [1.82, 2.24) is 20.4 Å². The van der Waals surface area contributed by atoms with Crippen LogP contribution in [0.5, 0.6) is 0 Å². The highest BCUT2D eigenvalue weighted by molar-refractivity contribution is 5.68. The van der Waals surface area contributed by atoms with E-state index in [1.165, 1.54) is 0 Å². The molecule has 2 N–H and O–H groups in total. The van der Waals surface area contributed by atoms with Crippen LogP contribution < -0.4 is 5.32 Å². The number of hydrogen-bond donors (Lipinski definition) is 2. The Morgan fingerprint density at radius 3 is 2.71 bits per heavy atom. The number of nitrogens with zero attached hydrogens (tertiary/aromatic N) is 2. The Labute approximate surface area is 127 Å².